The molecule has 0 saturated carbocycles. The first kappa shape index (κ1) is 24.6. The van der Waals surface area contributed by atoms with Crippen molar-refractivity contribution < 1.29 is 0 Å². The van der Waals surface area contributed by atoms with Crippen molar-refractivity contribution in [3.63, 3.8) is 0 Å². The van der Waals surface area contributed by atoms with Crippen LogP contribution in [0, 0.1) is 11.3 Å². The van der Waals surface area contributed by atoms with E-state index in [1.807, 2.05) is 31.8 Å². The molecule has 6 heterocycles. The van der Waals surface area contributed by atoms with Gasteiger partial charge in [-0.2, -0.15) is 15.5 Å². The van der Waals surface area contributed by atoms with E-state index >= 15 is 0 Å². The quantitative estimate of drug-likeness (QED) is 0.306. The lowest BCUT2D eigenvalue weighted by molar-refractivity contribution is 0.160. The summed E-state index contributed by atoms with van der Waals surface area (Å²) in [5.41, 5.74) is 8.04. The summed E-state index contributed by atoms with van der Waals surface area (Å²) in [6.45, 7) is 5.22. The third-order valence-electron chi connectivity index (χ3n) is 8.58. The summed E-state index contributed by atoms with van der Waals surface area (Å²) < 4.78 is 3.57. The van der Waals surface area contributed by atoms with Crippen molar-refractivity contribution in [3.8, 4) is 28.3 Å². The highest BCUT2D eigenvalue weighted by Gasteiger charge is 2.40. The van der Waals surface area contributed by atoms with E-state index in [1.165, 1.54) is 24.0 Å². The van der Waals surface area contributed by atoms with Gasteiger partial charge in [0.1, 0.15) is 11.9 Å². The van der Waals surface area contributed by atoms with E-state index in [4.69, 9.17) is 4.98 Å². The summed E-state index contributed by atoms with van der Waals surface area (Å²) in [4.78, 5) is 10.1. The van der Waals surface area contributed by atoms with Gasteiger partial charge in [0.05, 0.1) is 23.5 Å². The van der Waals surface area contributed by atoms with Crippen molar-refractivity contribution in [1.82, 2.24) is 29.3 Å². The van der Waals surface area contributed by atoms with Crippen molar-refractivity contribution >= 4 is 11.3 Å². The monoisotopic (exact) mass is 528 g/mol. The van der Waals surface area contributed by atoms with Crippen LogP contribution in [0.2, 0.25) is 0 Å². The number of hydrogen-bond acceptors (Lipinski definition) is 6. The second-order valence-corrected chi connectivity index (χ2v) is 11.0. The minimum absolute atomic E-state index is 0.548. The molecule has 2 bridgehead atoms. The van der Waals surface area contributed by atoms with E-state index < -0.39 is 0 Å². The van der Waals surface area contributed by atoms with E-state index in [-0.39, 0.29) is 0 Å². The Balaban J connectivity index is 1.14. The Morgan fingerprint density at radius 1 is 0.875 bits per heavy atom. The maximum atomic E-state index is 9.75. The molecule has 0 spiro atoms. The van der Waals surface area contributed by atoms with E-state index in [9.17, 15) is 5.26 Å². The zero-order valence-electron chi connectivity index (χ0n) is 22.9. The molecular formula is C32H32N8. The SMILES string of the molecule is CCc1ccc(CN2C3CCC2CN(c2ccc(-c4cc(-c5cnn(C)c5)cn5ncc(C#N)c45)cn2)C3)cc1. The molecule has 4 aromatic heterocycles. The van der Waals surface area contributed by atoms with Gasteiger partial charge in [0.2, 0.25) is 0 Å². The summed E-state index contributed by atoms with van der Waals surface area (Å²) in [6, 6.07) is 18.9. The molecule has 2 saturated heterocycles. The largest absolute Gasteiger partial charge is 0.353 e. The van der Waals surface area contributed by atoms with Gasteiger partial charge in [-0.15, -0.1) is 0 Å². The molecule has 0 aliphatic carbocycles. The van der Waals surface area contributed by atoms with Crippen LogP contribution in [0.3, 0.4) is 0 Å². The average molecular weight is 529 g/mol. The molecule has 1 aromatic carbocycles. The van der Waals surface area contributed by atoms with Gasteiger partial charge in [0, 0.05) is 79.6 Å². The topological polar surface area (TPSA) is 78.3 Å². The lowest BCUT2D eigenvalue weighted by atomic mass is 10.0. The molecule has 2 aliphatic rings. The molecule has 0 radical (unpaired) electrons. The number of nitriles is 1. The number of anilines is 1. The Morgan fingerprint density at radius 2 is 1.65 bits per heavy atom. The van der Waals surface area contributed by atoms with Crippen molar-refractivity contribution in [2.75, 3.05) is 18.0 Å². The van der Waals surface area contributed by atoms with Crippen LogP contribution in [-0.4, -0.2) is 54.5 Å². The molecule has 5 aromatic rings. The predicted molar refractivity (Wildman–Crippen MR) is 156 cm³/mol. The number of piperazine rings is 1. The number of aryl methyl sites for hydroxylation is 2. The lowest BCUT2D eigenvalue weighted by Crippen LogP contribution is -2.53. The van der Waals surface area contributed by atoms with Crippen molar-refractivity contribution in [1.29, 1.82) is 5.26 Å². The number of hydrogen-bond donors (Lipinski definition) is 0. The molecule has 40 heavy (non-hydrogen) atoms. The fourth-order valence-corrected chi connectivity index (χ4v) is 6.41. The molecule has 8 nitrogen and oxygen atoms in total. The smallest absolute Gasteiger partial charge is 0.128 e. The van der Waals surface area contributed by atoms with Crippen LogP contribution in [0.1, 0.15) is 36.5 Å². The van der Waals surface area contributed by atoms with Crippen molar-refractivity contribution in [2.45, 2.75) is 44.8 Å². The maximum Gasteiger partial charge on any atom is 0.128 e. The first-order valence-corrected chi connectivity index (χ1v) is 14.0. The van der Waals surface area contributed by atoms with E-state index in [2.05, 4.69) is 75.5 Å². The van der Waals surface area contributed by atoms with E-state index in [0.29, 0.717) is 17.6 Å². The Labute approximate surface area is 234 Å². The summed E-state index contributed by atoms with van der Waals surface area (Å²) in [5.74, 6) is 1.01. The van der Waals surface area contributed by atoms with E-state index in [0.717, 1.165) is 59.6 Å². The molecule has 8 heteroatoms. The van der Waals surface area contributed by atoms with Gasteiger partial charge < -0.3 is 4.90 Å². The number of aromatic nitrogens is 5. The molecule has 7 rings (SSSR count). The minimum Gasteiger partial charge on any atom is -0.353 e. The Morgan fingerprint density at radius 3 is 2.30 bits per heavy atom. The molecule has 2 atom stereocenters. The first-order chi connectivity index (χ1) is 19.6. The van der Waals surface area contributed by atoms with Crippen LogP contribution >= 0.6 is 0 Å². The standard InChI is InChI=1S/C32H32N8/c1-3-22-4-6-23(7-5-22)17-39-28-9-10-29(39)21-38(20-28)31-11-8-24(14-34-31)30-12-25(27-16-35-37(2)18-27)19-40-32(30)26(13-33)15-36-40/h4-8,11-12,14-16,18-19,28-29H,3,9-10,17,20-21H2,1-2H3. The van der Waals surface area contributed by atoms with Gasteiger partial charge in [-0.05, 0) is 48.6 Å². The van der Waals surface area contributed by atoms with Gasteiger partial charge in [0.15, 0.2) is 0 Å². The third kappa shape index (κ3) is 4.33. The first-order valence-electron chi connectivity index (χ1n) is 14.0. The van der Waals surface area contributed by atoms with Crippen LogP contribution in [0.5, 0.6) is 0 Å². The number of rotatable bonds is 6. The van der Waals surface area contributed by atoms with Gasteiger partial charge in [-0.3, -0.25) is 9.58 Å². The maximum absolute atomic E-state index is 9.75. The molecular weight excluding hydrogens is 496 g/mol. The van der Waals surface area contributed by atoms with Gasteiger partial charge in [-0.25, -0.2) is 9.50 Å². The zero-order valence-corrected chi connectivity index (χ0v) is 22.9. The molecule has 2 fully saturated rings. The molecule has 0 amide bonds. The number of fused-ring (bicyclic) bond motifs is 3. The summed E-state index contributed by atoms with van der Waals surface area (Å²) in [5, 5.41) is 18.5. The molecule has 0 N–H and O–H groups in total. The summed E-state index contributed by atoms with van der Waals surface area (Å²) >= 11 is 0. The van der Waals surface area contributed by atoms with Crippen LogP contribution in [0.25, 0.3) is 27.8 Å². The summed E-state index contributed by atoms with van der Waals surface area (Å²) in [6.07, 6.45) is 12.9. The second kappa shape index (κ2) is 9.92. The van der Waals surface area contributed by atoms with Gasteiger partial charge in [-0.1, -0.05) is 31.2 Å². The Hall–Kier alpha value is -4.48. The fourth-order valence-electron chi connectivity index (χ4n) is 6.41. The van der Waals surface area contributed by atoms with Crippen molar-refractivity contribution in [3.05, 3.63) is 90.1 Å². The van der Waals surface area contributed by atoms with Crippen LogP contribution < -0.4 is 4.90 Å². The van der Waals surface area contributed by atoms with Gasteiger partial charge >= 0.3 is 0 Å². The predicted octanol–water partition coefficient (Wildman–Crippen LogP) is 5.08. The highest BCUT2D eigenvalue weighted by atomic mass is 15.3. The number of pyridine rings is 2. The minimum atomic E-state index is 0.548. The second-order valence-electron chi connectivity index (χ2n) is 11.0. The van der Waals surface area contributed by atoms with Crippen molar-refractivity contribution in [2.24, 2.45) is 7.05 Å². The van der Waals surface area contributed by atoms with Crippen LogP contribution in [0.4, 0.5) is 5.82 Å². The molecule has 2 unspecified atom stereocenters. The number of nitrogens with zero attached hydrogens (tertiary/aromatic N) is 8. The Bertz CT molecular complexity index is 1690. The normalized spacial score (nSPS) is 18.9. The fraction of sp³-hybridized carbons (Fsp3) is 0.312. The number of benzene rings is 1. The lowest BCUT2D eigenvalue weighted by Gasteiger charge is -2.41. The molecule has 2 aliphatic heterocycles. The third-order valence-corrected chi connectivity index (χ3v) is 8.58. The zero-order chi connectivity index (χ0) is 27.2. The average Bonchev–Trinajstić information content (AvgIpc) is 3.67. The molecule has 200 valence electrons. The van der Waals surface area contributed by atoms with Crippen LogP contribution in [-0.2, 0) is 20.0 Å². The highest BCUT2D eigenvalue weighted by Crippen LogP contribution is 2.35. The Kier molecular flexibility index (Phi) is 6.09. The van der Waals surface area contributed by atoms with Gasteiger partial charge in [0.25, 0.3) is 0 Å². The summed E-state index contributed by atoms with van der Waals surface area (Å²) in [7, 11) is 1.91. The van der Waals surface area contributed by atoms with Crippen LogP contribution in [0.15, 0.2) is 73.4 Å². The highest BCUT2D eigenvalue weighted by molar-refractivity contribution is 5.87. The van der Waals surface area contributed by atoms with E-state index in [1.54, 1.807) is 15.4 Å².